The van der Waals surface area contributed by atoms with Crippen LogP contribution in [0.15, 0.2) is 40.2 Å². The largest absolute Gasteiger partial charge is 0.493 e. The third-order valence-electron chi connectivity index (χ3n) is 4.99. The van der Waals surface area contributed by atoms with Crippen molar-refractivity contribution in [1.29, 1.82) is 0 Å². The lowest BCUT2D eigenvalue weighted by Gasteiger charge is -2.08. The molecule has 1 fully saturated rings. The highest BCUT2D eigenvalue weighted by atomic mass is 19.4. The van der Waals surface area contributed by atoms with Crippen LogP contribution in [0.5, 0.6) is 5.88 Å². The van der Waals surface area contributed by atoms with Crippen molar-refractivity contribution in [3.05, 3.63) is 68.6 Å². The molecule has 0 unspecified atom stereocenters. The second-order valence-electron chi connectivity index (χ2n) is 7.58. The van der Waals surface area contributed by atoms with Crippen molar-refractivity contribution in [2.24, 2.45) is 4.99 Å². The molecule has 13 heteroatoms. The highest BCUT2D eigenvalue weighted by Gasteiger charge is 2.29. The van der Waals surface area contributed by atoms with Crippen LogP contribution in [0, 0.1) is 0 Å². The number of fused-ring (bicyclic) bond motifs is 1. The smallest absolute Gasteiger partial charge is 0.416 e. The first kappa shape index (κ1) is 20.7. The maximum Gasteiger partial charge on any atom is 0.416 e. The Morgan fingerprint density at radius 3 is 2.61 bits per heavy atom. The lowest BCUT2D eigenvalue weighted by Crippen LogP contribution is -2.24. The molecule has 1 saturated carbocycles. The minimum atomic E-state index is -4.40. The lowest BCUT2D eigenvalue weighted by atomic mass is 10.1. The van der Waals surface area contributed by atoms with Gasteiger partial charge in [-0.3, -0.25) is 4.98 Å². The molecule has 0 bridgehead atoms. The summed E-state index contributed by atoms with van der Waals surface area (Å²) in [4.78, 5) is 29.5. The summed E-state index contributed by atoms with van der Waals surface area (Å²) in [6.45, 7) is 0.191. The number of nitrogens with one attached hydrogen (secondary N) is 3. The molecule has 1 aliphatic carbocycles. The summed E-state index contributed by atoms with van der Waals surface area (Å²) in [5.74, 6) is -0.110. The number of aromatic nitrogens is 6. The molecule has 3 heterocycles. The second kappa shape index (κ2) is 7.76. The first-order valence-electron chi connectivity index (χ1n) is 9.99. The van der Waals surface area contributed by atoms with Gasteiger partial charge < -0.3 is 15.4 Å². The van der Waals surface area contributed by atoms with Gasteiger partial charge in [0.1, 0.15) is 5.69 Å². The minimum Gasteiger partial charge on any atom is -0.493 e. The maximum atomic E-state index is 12.8. The number of hydrogen-bond acceptors (Lipinski definition) is 7. The average Bonchev–Trinajstić information content (AvgIpc) is 3.40. The van der Waals surface area contributed by atoms with E-state index in [1.165, 1.54) is 28.9 Å². The van der Waals surface area contributed by atoms with Crippen molar-refractivity contribution in [3.63, 3.8) is 0 Å². The molecule has 1 aromatic carbocycles. The number of H-pyrrole nitrogens is 2. The van der Waals surface area contributed by atoms with E-state index >= 15 is 0 Å². The SMILES string of the molecule is O=c1[nH]c(O)c(/C=c2\cnn3c(=NC4CC4)nc(NCc4ccc(C(F)(F)F)cc4)nc23)[nH]1. The van der Waals surface area contributed by atoms with Crippen molar-refractivity contribution in [3.8, 4) is 5.88 Å². The van der Waals surface area contributed by atoms with E-state index in [4.69, 9.17) is 0 Å². The number of imidazole rings is 1. The molecule has 4 aromatic rings. The van der Waals surface area contributed by atoms with E-state index in [1.807, 2.05) is 0 Å². The summed E-state index contributed by atoms with van der Waals surface area (Å²) in [7, 11) is 0. The fourth-order valence-corrected chi connectivity index (χ4v) is 3.15. The second-order valence-corrected chi connectivity index (χ2v) is 7.58. The molecule has 0 atom stereocenters. The predicted octanol–water partition coefficient (Wildman–Crippen LogP) is 1.09. The van der Waals surface area contributed by atoms with Crippen LogP contribution in [0.25, 0.3) is 11.7 Å². The normalized spacial score (nSPS) is 15.5. The van der Waals surface area contributed by atoms with Crippen molar-refractivity contribution in [2.75, 3.05) is 5.32 Å². The Hall–Kier alpha value is -4.16. The number of rotatable bonds is 5. The quantitative estimate of drug-likeness (QED) is 0.354. The summed E-state index contributed by atoms with van der Waals surface area (Å²) in [6, 6.07) is 4.94. The molecular formula is C20H17F3N8O2. The van der Waals surface area contributed by atoms with E-state index in [0.717, 1.165) is 25.0 Å². The zero-order chi connectivity index (χ0) is 23.2. The van der Waals surface area contributed by atoms with Crippen LogP contribution in [-0.4, -0.2) is 40.7 Å². The number of aromatic hydroxyl groups is 1. The first-order valence-corrected chi connectivity index (χ1v) is 9.99. The standard InChI is InChI=1S/C20H17F3N8O2/c21-20(22,23)12-3-1-10(2-4-12)8-24-17-28-15-11(7-14-16(32)29-19(33)27-14)9-25-31(15)18(30-17)26-13-5-6-13/h1-4,7,9,13,32H,5-6,8H2,(H,24,26,30)(H2,27,29,33)/b11-7+. The van der Waals surface area contributed by atoms with Gasteiger partial charge in [0.2, 0.25) is 11.8 Å². The molecule has 0 amide bonds. The zero-order valence-electron chi connectivity index (χ0n) is 16.9. The van der Waals surface area contributed by atoms with E-state index in [0.29, 0.717) is 22.0 Å². The topological polar surface area (TPSA) is 136 Å². The Morgan fingerprint density at radius 1 is 1.21 bits per heavy atom. The number of hydrogen-bond donors (Lipinski definition) is 4. The summed E-state index contributed by atoms with van der Waals surface area (Å²) in [6.07, 6.45) is 0.493. The van der Waals surface area contributed by atoms with Crippen LogP contribution in [-0.2, 0) is 12.7 Å². The summed E-state index contributed by atoms with van der Waals surface area (Å²) >= 11 is 0. The van der Waals surface area contributed by atoms with E-state index in [-0.39, 0.29) is 30.1 Å². The molecule has 0 aliphatic heterocycles. The van der Waals surface area contributed by atoms with Crippen LogP contribution in [0.4, 0.5) is 19.1 Å². The summed E-state index contributed by atoms with van der Waals surface area (Å²) in [5.41, 5.74) is 0.188. The molecule has 3 aromatic heterocycles. The van der Waals surface area contributed by atoms with E-state index in [9.17, 15) is 23.1 Å². The van der Waals surface area contributed by atoms with Gasteiger partial charge in [0, 0.05) is 11.8 Å². The lowest BCUT2D eigenvalue weighted by molar-refractivity contribution is -0.137. The molecule has 1 aliphatic rings. The van der Waals surface area contributed by atoms with Crippen molar-refractivity contribution < 1.29 is 18.3 Å². The van der Waals surface area contributed by atoms with E-state index < -0.39 is 17.4 Å². The summed E-state index contributed by atoms with van der Waals surface area (Å²) < 4.78 is 39.8. The Balaban J connectivity index is 1.51. The third-order valence-corrected chi connectivity index (χ3v) is 4.99. The number of aromatic amines is 2. The van der Waals surface area contributed by atoms with Gasteiger partial charge in [-0.25, -0.2) is 9.79 Å². The predicted molar refractivity (Wildman–Crippen MR) is 110 cm³/mol. The van der Waals surface area contributed by atoms with Crippen LogP contribution >= 0.6 is 0 Å². The van der Waals surface area contributed by atoms with Crippen molar-refractivity contribution in [1.82, 2.24) is 29.5 Å². The fraction of sp³-hybridized carbons (Fsp3) is 0.250. The Morgan fingerprint density at radius 2 is 1.97 bits per heavy atom. The minimum absolute atomic E-state index is 0.146. The third kappa shape index (κ3) is 4.42. The van der Waals surface area contributed by atoms with Crippen LogP contribution in [0.2, 0.25) is 0 Å². The molecule has 0 saturated heterocycles. The Bertz CT molecular complexity index is 1500. The zero-order valence-corrected chi connectivity index (χ0v) is 16.9. The Labute approximate surface area is 182 Å². The van der Waals surface area contributed by atoms with Gasteiger partial charge in [0.05, 0.1) is 17.8 Å². The fourth-order valence-electron chi connectivity index (χ4n) is 3.15. The van der Waals surface area contributed by atoms with Gasteiger partial charge >= 0.3 is 11.9 Å². The molecular weight excluding hydrogens is 441 g/mol. The van der Waals surface area contributed by atoms with Crippen molar-refractivity contribution >= 4 is 17.7 Å². The monoisotopic (exact) mass is 458 g/mol. The van der Waals surface area contributed by atoms with Crippen LogP contribution in [0.1, 0.15) is 29.7 Å². The van der Waals surface area contributed by atoms with E-state index in [1.54, 1.807) is 0 Å². The number of alkyl halides is 3. The van der Waals surface area contributed by atoms with Crippen molar-refractivity contribution in [2.45, 2.75) is 31.6 Å². The van der Waals surface area contributed by atoms with Gasteiger partial charge in [-0.05, 0) is 36.6 Å². The highest BCUT2D eigenvalue weighted by molar-refractivity contribution is 5.57. The summed E-state index contributed by atoms with van der Waals surface area (Å²) in [5, 5.41) is 17.6. The van der Waals surface area contributed by atoms with E-state index in [2.05, 4.69) is 35.3 Å². The molecule has 33 heavy (non-hydrogen) atoms. The molecule has 4 N–H and O–H groups in total. The van der Waals surface area contributed by atoms with Gasteiger partial charge in [-0.1, -0.05) is 12.1 Å². The van der Waals surface area contributed by atoms with Crippen LogP contribution in [0.3, 0.4) is 0 Å². The Kier molecular flexibility index (Phi) is 4.87. The molecule has 170 valence electrons. The van der Waals surface area contributed by atoms with Gasteiger partial charge in [-0.15, -0.1) is 0 Å². The molecule has 0 radical (unpaired) electrons. The van der Waals surface area contributed by atoms with Gasteiger partial charge in [0.15, 0.2) is 5.65 Å². The van der Waals surface area contributed by atoms with Gasteiger partial charge in [0.25, 0.3) is 5.62 Å². The molecule has 5 rings (SSSR count). The van der Waals surface area contributed by atoms with Crippen LogP contribution < -0.4 is 21.8 Å². The van der Waals surface area contributed by atoms with Gasteiger partial charge in [-0.2, -0.15) is 32.8 Å². The average molecular weight is 458 g/mol. The molecule has 0 spiro atoms. The maximum absolute atomic E-state index is 12.8. The number of halogens is 3. The molecule has 10 nitrogen and oxygen atoms in total. The number of nitrogens with zero attached hydrogens (tertiary/aromatic N) is 5. The highest BCUT2D eigenvalue weighted by Crippen LogP contribution is 2.29. The first-order chi connectivity index (χ1) is 15.8. The number of anilines is 1. The number of benzene rings is 1.